The third kappa shape index (κ3) is 2.73. The fourth-order valence-corrected chi connectivity index (χ4v) is 3.57. The van der Waals surface area contributed by atoms with Crippen molar-refractivity contribution in [3.8, 4) is 0 Å². The number of nitrogens with one attached hydrogen (secondary N) is 1. The van der Waals surface area contributed by atoms with Crippen LogP contribution in [0.15, 0.2) is 35.4 Å². The monoisotopic (exact) mass is 341 g/mol. The van der Waals surface area contributed by atoms with E-state index in [9.17, 15) is 14.4 Å². The molecule has 1 atom stereocenters. The van der Waals surface area contributed by atoms with Crippen molar-refractivity contribution in [1.29, 1.82) is 0 Å². The van der Waals surface area contributed by atoms with E-state index in [-0.39, 0.29) is 29.1 Å². The van der Waals surface area contributed by atoms with E-state index in [1.54, 1.807) is 34.2 Å². The van der Waals surface area contributed by atoms with Gasteiger partial charge in [-0.05, 0) is 25.0 Å². The molecule has 8 heteroatoms. The van der Waals surface area contributed by atoms with Gasteiger partial charge in [-0.3, -0.25) is 14.0 Å². The number of carbonyl (C=O) groups is 2. The number of fused-ring (bicyclic) bond motifs is 1. The SMILES string of the molecule is O=C(c1cnc2ccccn2c1=O)N1CCC[C@@H](N2CCNC2=O)C1. The molecule has 25 heavy (non-hydrogen) atoms. The molecule has 130 valence electrons. The fourth-order valence-electron chi connectivity index (χ4n) is 3.57. The largest absolute Gasteiger partial charge is 0.336 e. The zero-order chi connectivity index (χ0) is 17.4. The molecule has 0 bridgehead atoms. The smallest absolute Gasteiger partial charge is 0.317 e. The van der Waals surface area contributed by atoms with Crippen LogP contribution in [0.3, 0.4) is 0 Å². The van der Waals surface area contributed by atoms with E-state index in [0.717, 1.165) is 12.8 Å². The number of likely N-dealkylation sites (tertiary alicyclic amines) is 1. The number of carbonyl (C=O) groups excluding carboxylic acids is 2. The van der Waals surface area contributed by atoms with Gasteiger partial charge in [0, 0.05) is 38.6 Å². The Morgan fingerprint density at radius 2 is 2.12 bits per heavy atom. The predicted octanol–water partition coefficient (Wildman–Crippen LogP) is 0.324. The Morgan fingerprint density at radius 1 is 1.24 bits per heavy atom. The Bertz CT molecular complexity index is 893. The van der Waals surface area contributed by atoms with Gasteiger partial charge in [0.1, 0.15) is 11.2 Å². The van der Waals surface area contributed by atoms with Crippen LogP contribution < -0.4 is 10.9 Å². The van der Waals surface area contributed by atoms with Crippen LogP contribution in [0.5, 0.6) is 0 Å². The molecule has 1 N–H and O–H groups in total. The lowest BCUT2D eigenvalue weighted by Gasteiger charge is -2.36. The van der Waals surface area contributed by atoms with Crippen molar-refractivity contribution >= 4 is 17.6 Å². The minimum atomic E-state index is -0.364. The van der Waals surface area contributed by atoms with E-state index >= 15 is 0 Å². The highest BCUT2D eigenvalue weighted by atomic mass is 16.2. The van der Waals surface area contributed by atoms with Crippen molar-refractivity contribution < 1.29 is 9.59 Å². The lowest BCUT2D eigenvalue weighted by Crippen LogP contribution is -2.51. The molecule has 0 aromatic carbocycles. The molecule has 4 heterocycles. The van der Waals surface area contributed by atoms with Crippen LogP contribution in [0.25, 0.3) is 5.65 Å². The minimum Gasteiger partial charge on any atom is -0.336 e. The molecular formula is C17H19N5O3. The lowest BCUT2D eigenvalue weighted by molar-refractivity contribution is 0.0632. The van der Waals surface area contributed by atoms with Gasteiger partial charge in [-0.2, -0.15) is 0 Å². The van der Waals surface area contributed by atoms with Crippen LogP contribution >= 0.6 is 0 Å². The molecule has 0 spiro atoms. The van der Waals surface area contributed by atoms with E-state index in [1.165, 1.54) is 10.6 Å². The van der Waals surface area contributed by atoms with Crippen LogP contribution in [-0.2, 0) is 0 Å². The zero-order valence-electron chi connectivity index (χ0n) is 13.7. The van der Waals surface area contributed by atoms with Gasteiger partial charge in [-0.1, -0.05) is 6.07 Å². The second-order valence-electron chi connectivity index (χ2n) is 6.38. The van der Waals surface area contributed by atoms with Crippen molar-refractivity contribution in [1.82, 2.24) is 24.5 Å². The summed E-state index contributed by atoms with van der Waals surface area (Å²) < 4.78 is 1.38. The number of hydrogen-bond acceptors (Lipinski definition) is 4. The first kappa shape index (κ1) is 15.6. The Kier molecular flexibility index (Phi) is 3.87. The van der Waals surface area contributed by atoms with Crippen LogP contribution in [0.2, 0.25) is 0 Å². The standard InChI is InChI=1S/C17H19N5O3/c23-15(13-10-19-14-5-1-2-8-22(14)16(13)24)20-7-3-4-12(11-20)21-9-6-18-17(21)25/h1-2,5,8,10,12H,3-4,6-7,9,11H2,(H,18,25)/t12-/m1/s1. The number of amides is 3. The van der Waals surface area contributed by atoms with E-state index in [2.05, 4.69) is 10.3 Å². The first-order valence-corrected chi connectivity index (χ1v) is 8.45. The van der Waals surface area contributed by atoms with Crippen LogP contribution in [-0.4, -0.2) is 63.3 Å². The molecule has 2 saturated heterocycles. The average Bonchev–Trinajstić information content (AvgIpc) is 3.08. The number of rotatable bonds is 2. The van der Waals surface area contributed by atoms with Gasteiger partial charge >= 0.3 is 6.03 Å². The van der Waals surface area contributed by atoms with Gasteiger partial charge in [0.05, 0.1) is 6.04 Å². The van der Waals surface area contributed by atoms with Crippen molar-refractivity contribution in [2.75, 3.05) is 26.2 Å². The number of hydrogen-bond donors (Lipinski definition) is 1. The summed E-state index contributed by atoms with van der Waals surface area (Å²) in [4.78, 5) is 45.0. The van der Waals surface area contributed by atoms with Crippen molar-refractivity contribution in [2.24, 2.45) is 0 Å². The van der Waals surface area contributed by atoms with Gasteiger partial charge in [-0.15, -0.1) is 0 Å². The summed E-state index contributed by atoms with van der Waals surface area (Å²) in [5.41, 5.74) is 0.209. The summed E-state index contributed by atoms with van der Waals surface area (Å²) in [6, 6.07) is 5.16. The summed E-state index contributed by atoms with van der Waals surface area (Å²) in [6.45, 7) is 2.33. The fraction of sp³-hybridized carbons (Fsp3) is 0.412. The van der Waals surface area contributed by atoms with Crippen LogP contribution in [0.1, 0.15) is 23.2 Å². The van der Waals surface area contributed by atoms with E-state index in [0.29, 0.717) is 31.8 Å². The molecule has 2 aliphatic rings. The number of nitrogens with zero attached hydrogens (tertiary/aromatic N) is 4. The van der Waals surface area contributed by atoms with Gasteiger partial charge < -0.3 is 15.1 Å². The van der Waals surface area contributed by atoms with Crippen molar-refractivity contribution in [3.63, 3.8) is 0 Å². The van der Waals surface area contributed by atoms with Gasteiger partial charge in [0.15, 0.2) is 0 Å². The molecule has 2 aromatic rings. The Labute approximate surface area is 144 Å². The summed E-state index contributed by atoms with van der Waals surface area (Å²) in [5.74, 6) is -0.319. The van der Waals surface area contributed by atoms with Gasteiger partial charge in [-0.25, -0.2) is 9.78 Å². The maximum absolute atomic E-state index is 12.9. The highest BCUT2D eigenvalue weighted by molar-refractivity contribution is 5.94. The quantitative estimate of drug-likeness (QED) is 0.852. The number of piperidine rings is 1. The zero-order valence-corrected chi connectivity index (χ0v) is 13.7. The number of pyridine rings is 1. The first-order chi connectivity index (χ1) is 12.1. The highest BCUT2D eigenvalue weighted by Gasteiger charge is 2.33. The molecule has 0 saturated carbocycles. The number of aromatic nitrogens is 2. The second kappa shape index (κ2) is 6.19. The summed E-state index contributed by atoms with van der Waals surface area (Å²) in [5, 5.41) is 2.79. The van der Waals surface area contributed by atoms with E-state index in [1.807, 2.05) is 0 Å². The molecule has 8 nitrogen and oxygen atoms in total. The van der Waals surface area contributed by atoms with Gasteiger partial charge in [0.2, 0.25) is 0 Å². The maximum atomic E-state index is 12.9. The minimum absolute atomic E-state index is 0.00336. The van der Waals surface area contributed by atoms with Gasteiger partial charge in [0.25, 0.3) is 11.5 Å². The molecule has 3 amide bonds. The molecule has 2 aromatic heterocycles. The topological polar surface area (TPSA) is 87.0 Å². The molecule has 0 aliphatic carbocycles. The molecule has 0 radical (unpaired) electrons. The summed E-state index contributed by atoms with van der Waals surface area (Å²) in [7, 11) is 0. The van der Waals surface area contributed by atoms with Crippen molar-refractivity contribution in [3.05, 3.63) is 46.5 Å². The first-order valence-electron chi connectivity index (χ1n) is 8.45. The third-order valence-corrected chi connectivity index (χ3v) is 4.86. The Balaban J connectivity index is 1.59. The normalized spacial score (nSPS) is 20.8. The molecule has 0 unspecified atom stereocenters. The molecular weight excluding hydrogens is 322 g/mol. The third-order valence-electron chi connectivity index (χ3n) is 4.86. The second-order valence-corrected chi connectivity index (χ2v) is 6.38. The average molecular weight is 341 g/mol. The summed E-state index contributed by atoms with van der Waals surface area (Å²) >= 11 is 0. The van der Waals surface area contributed by atoms with Crippen molar-refractivity contribution in [2.45, 2.75) is 18.9 Å². The predicted molar refractivity (Wildman–Crippen MR) is 90.5 cm³/mol. The Hall–Kier alpha value is -2.90. The lowest BCUT2D eigenvalue weighted by atomic mass is 10.0. The van der Waals surface area contributed by atoms with Crippen LogP contribution in [0, 0.1) is 0 Å². The van der Waals surface area contributed by atoms with E-state index in [4.69, 9.17) is 0 Å². The molecule has 2 fully saturated rings. The summed E-state index contributed by atoms with van der Waals surface area (Å²) in [6.07, 6.45) is 4.63. The van der Waals surface area contributed by atoms with E-state index < -0.39 is 0 Å². The Morgan fingerprint density at radius 3 is 2.92 bits per heavy atom. The highest BCUT2D eigenvalue weighted by Crippen LogP contribution is 2.19. The number of urea groups is 1. The van der Waals surface area contributed by atoms with Crippen LogP contribution in [0.4, 0.5) is 4.79 Å². The molecule has 2 aliphatic heterocycles. The maximum Gasteiger partial charge on any atom is 0.317 e. The molecule has 4 rings (SSSR count).